The topological polar surface area (TPSA) is 24.5 Å². The highest BCUT2D eigenvalue weighted by atomic mass is 19.4. The molecule has 3 rings (SSSR count). The maximum atomic E-state index is 13.6. The van der Waals surface area contributed by atoms with Gasteiger partial charge in [-0.2, -0.15) is 13.2 Å². The zero-order chi connectivity index (χ0) is 17.7. The van der Waals surface area contributed by atoms with Crippen LogP contribution < -0.4 is 10.1 Å². The maximum Gasteiger partial charge on any atom is 0.408 e. The van der Waals surface area contributed by atoms with Crippen molar-refractivity contribution < 1.29 is 17.9 Å². The molecule has 1 aliphatic rings. The molecule has 2 aromatic carbocycles. The van der Waals surface area contributed by atoms with Crippen LogP contribution in [-0.4, -0.2) is 37.3 Å². The Labute approximate surface area is 145 Å². The van der Waals surface area contributed by atoms with Gasteiger partial charge >= 0.3 is 6.18 Å². The first-order chi connectivity index (χ1) is 12.0. The van der Waals surface area contributed by atoms with Gasteiger partial charge in [0.1, 0.15) is 18.4 Å². The standard InChI is InChI=1S/C19H21F3N2O/c20-19(21,22)18(24-12-10-23-11-13-24)16-6-8-17(9-7-16)25-14-15-4-2-1-3-5-15/h1-9,18,23H,10-14H2/t18-/m1/s1. The molecule has 0 aliphatic carbocycles. The molecule has 134 valence electrons. The molecule has 1 saturated heterocycles. The number of nitrogens with zero attached hydrogens (tertiary/aromatic N) is 1. The number of benzene rings is 2. The van der Waals surface area contributed by atoms with E-state index in [2.05, 4.69) is 5.32 Å². The van der Waals surface area contributed by atoms with Gasteiger partial charge in [0, 0.05) is 26.2 Å². The van der Waals surface area contributed by atoms with Crippen LogP contribution in [0.15, 0.2) is 54.6 Å². The Morgan fingerprint density at radius 1 is 0.960 bits per heavy atom. The summed E-state index contributed by atoms with van der Waals surface area (Å²) < 4.78 is 46.4. The van der Waals surface area contributed by atoms with Gasteiger partial charge in [-0.25, -0.2) is 0 Å². The summed E-state index contributed by atoms with van der Waals surface area (Å²) in [6, 6.07) is 14.3. The van der Waals surface area contributed by atoms with Crippen molar-refractivity contribution in [3.05, 3.63) is 65.7 Å². The summed E-state index contributed by atoms with van der Waals surface area (Å²) in [7, 11) is 0. The van der Waals surface area contributed by atoms with Crippen molar-refractivity contribution in [3.63, 3.8) is 0 Å². The minimum atomic E-state index is -4.30. The van der Waals surface area contributed by atoms with Crippen molar-refractivity contribution >= 4 is 0 Å². The summed E-state index contributed by atoms with van der Waals surface area (Å²) in [5, 5.41) is 3.08. The highest BCUT2D eigenvalue weighted by molar-refractivity contribution is 5.30. The molecule has 0 bridgehead atoms. The predicted molar refractivity (Wildman–Crippen MR) is 90.5 cm³/mol. The van der Waals surface area contributed by atoms with Gasteiger partial charge in [0.15, 0.2) is 0 Å². The van der Waals surface area contributed by atoms with Crippen LogP contribution in [0.3, 0.4) is 0 Å². The fraction of sp³-hybridized carbons (Fsp3) is 0.368. The molecule has 0 saturated carbocycles. The van der Waals surface area contributed by atoms with Crippen molar-refractivity contribution in [1.82, 2.24) is 10.2 Å². The summed E-state index contributed by atoms with van der Waals surface area (Å²) in [6.45, 7) is 2.31. The van der Waals surface area contributed by atoms with Crippen LogP contribution in [0.1, 0.15) is 17.2 Å². The fourth-order valence-electron chi connectivity index (χ4n) is 3.03. The average Bonchev–Trinajstić information content (AvgIpc) is 2.62. The fourth-order valence-corrected chi connectivity index (χ4v) is 3.03. The number of piperazine rings is 1. The smallest absolute Gasteiger partial charge is 0.408 e. The molecule has 1 fully saturated rings. The molecule has 0 amide bonds. The Balaban J connectivity index is 1.70. The highest BCUT2D eigenvalue weighted by Gasteiger charge is 2.44. The second-order valence-corrected chi connectivity index (χ2v) is 6.07. The van der Waals surface area contributed by atoms with Gasteiger partial charge in [0.05, 0.1) is 0 Å². The molecule has 1 N–H and O–H groups in total. The van der Waals surface area contributed by atoms with E-state index in [9.17, 15) is 13.2 Å². The van der Waals surface area contributed by atoms with Crippen LogP contribution in [0.5, 0.6) is 5.75 Å². The Hall–Kier alpha value is -2.05. The third-order valence-electron chi connectivity index (χ3n) is 4.27. The van der Waals surface area contributed by atoms with E-state index in [1.54, 1.807) is 12.1 Å². The number of ether oxygens (including phenoxy) is 1. The molecule has 6 heteroatoms. The van der Waals surface area contributed by atoms with Crippen LogP contribution >= 0.6 is 0 Å². The summed E-state index contributed by atoms with van der Waals surface area (Å²) in [5.74, 6) is 0.564. The zero-order valence-corrected chi connectivity index (χ0v) is 13.8. The summed E-state index contributed by atoms with van der Waals surface area (Å²) in [4.78, 5) is 1.48. The molecule has 2 aromatic rings. The molecule has 1 atom stereocenters. The average molecular weight is 350 g/mol. The molecule has 0 radical (unpaired) electrons. The van der Waals surface area contributed by atoms with Gasteiger partial charge in [-0.15, -0.1) is 0 Å². The van der Waals surface area contributed by atoms with Crippen LogP contribution in [0.25, 0.3) is 0 Å². The summed E-state index contributed by atoms with van der Waals surface area (Å²) in [5.41, 5.74) is 1.27. The molecule has 1 heterocycles. The lowest BCUT2D eigenvalue weighted by Crippen LogP contribution is -2.49. The van der Waals surface area contributed by atoms with Gasteiger partial charge in [-0.1, -0.05) is 42.5 Å². The van der Waals surface area contributed by atoms with E-state index in [1.807, 2.05) is 30.3 Å². The van der Waals surface area contributed by atoms with Crippen LogP contribution in [0, 0.1) is 0 Å². The predicted octanol–water partition coefficient (Wildman–Crippen LogP) is 3.77. The van der Waals surface area contributed by atoms with Gasteiger partial charge in [-0.05, 0) is 23.3 Å². The van der Waals surface area contributed by atoms with Crippen molar-refractivity contribution in [2.75, 3.05) is 26.2 Å². The van der Waals surface area contributed by atoms with Gasteiger partial charge < -0.3 is 10.1 Å². The molecular formula is C19H21F3N2O. The van der Waals surface area contributed by atoms with E-state index in [4.69, 9.17) is 4.74 Å². The van der Waals surface area contributed by atoms with Gasteiger partial charge in [-0.3, -0.25) is 4.90 Å². The van der Waals surface area contributed by atoms with Crippen LogP contribution in [-0.2, 0) is 6.61 Å². The second-order valence-electron chi connectivity index (χ2n) is 6.07. The normalized spacial score (nSPS) is 17.2. The second kappa shape index (κ2) is 7.89. The monoisotopic (exact) mass is 350 g/mol. The van der Waals surface area contributed by atoms with Gasteiger partial charge in [0.2, 0.25) is 0 Å². The lowest BCUT2D eigenvalue weighted by molar-refractivity contribution is -0.187. The first kappa shape index (κ1) is 17.8. The molecule has 0 unspecified atom stereocenters. The Morgan fingerprint density at radius 3 is 2.20 bits per heavy atom. The number of alkyl halides is 3. The van der Waals surface area contributed by atoms with Crippen molar-refractivity contribution in [1.29, 1.82) is 0 Å². The lowest BCUT2D eigenvalue weighted by atomic mass is 10.0. The molecule has 25 heavy (non-hydrogen) atoms. The molecular weight excluding hydrogens is 329 g/mol. The third-order valence-corrected chi connectivity index (χ3v) is 4.27. The summed E-state index contributed by atoms with van der Waals surface area (Å²) in [6.07, 6.45) is -4.30. The minimum absolute atomic E-state index is 0.251. The van der Waals surface area contributed by atoms with Crippen molar-refractivity contribution in [2.45, 2.75) is 18.8 Å². The largest absolute Gasteiger partial charge is 0.489 e. The first-order valence-corrected chi connectivity index (χ1v) is 8.32. The maximum absolute atomic E-state index is 13.6. The summed E-state index contributed by atoms with van der Waals surface area (Å²) >= 11 is 0. The van der Waals surface area contributed by atoms with E-state index in [0.29, 0.717) is 38.5 Å². The molecule has 3 nitrogen and oxygen atoms in total. The number of halogens is 3. The Kier molecular flexibility index (Phi) is 5.60. The number of nitrogens with one attached hydrogen (secondary N) is 1. The highest BCUT2D eigenvalue weighted by Crippen LogP contribution is 2.38. The quantitative estimate of drug-likeness (QED) is 0.888. The van der Waals surface area contributed by atoms with E-state index < -0.39 is 12.2 Å². The van der Waals surface area contributed by atoms with E-state index in [0.717, 1.165) is 5.56 Å². The third kappa shape index (κ3) is 4.74. The number of hydrogen-bond donors (Lipinski definition) is 1. The van der Waals surface area contributed by atoms with E-state index in [-0.39, 0.29) is 5.56 Å². The Bertz CT molecular complexity index is 653. The van der Waals surface area contributed by atoms with Gasteiger partial charge in [0.25, 0.3) is 0 Å². The number of rotatable bonds is 5. The van der Waals surface area contributed by atoms with E-state index >= 15 is 0 Å². The van der Waals surface area contributed by atoms with E-state index in [1.165, 1.54) is 17.0 Å². The number of hydrogen-bond acceptors (Lipinski definition) is 3. The molecule has 0 aromatic heterocycles. The first-order valence-electron chi connectivity index (χ1n) is 8.32. The van der Waals surface area contributed by atoms with Crippen LogP contribution in [0.4, 0.5) is 13.2 Å². The SMILES string of the molecule is FC(F)(F)[C@@H](c1ccc(OCc2ccccc2)cc1)N1CCNCC1. The molecule has 1 aliphatic heterocycles. The van der Waals surface area contributed by atoms with Crippen molar-refractivity contribution in [3.8, 4) is 5.75 Å². The minimum Gasteiger partial charge on any atom is -0.489 e. The zero-order valence-electron chi connectivity index (χ0n) is 13.8. The Morgan fingerprint density at radius 2 is 1.60 bits per heavy atom. The molecule has 0 spiro atoms. The lowest BCUT2D eigenvalue weighted by Gasteiger charge is -2.36. The van der Waals surface area contributed by atoms with Crippen LogP contribution in [0.2, 0.25) is 0 Å². The van der Waals surface area contributed by atoms with Crippen molar-refractivity contribution in [2.24, 2.45) is 0 Å².